The molecule has 0 unspecified atom stereocenters. The summed E-state index contributed by atoms with van der Waals surface area (Å²) in [7, 11) is 0. The zero-order chi connectivity index (χ0) is 21.4. The average Bonchev–Trinajstić information content (AvgIpc) is 2.89. The van der Waals surface area contributed by atoms with Crippen molar-refractivity contribution in [2.75, 3.05) is 5.32 Å². The Hall–Kier alpha value is -3.03. The summed E-state index contributed by atoms with van der Waals surface area (Å²) in [5.41, 5.74) is 2.74. The van der Waals surface area contributed by atoms with E-state index in [1.165, 1.54) is 24.3 Å². The van der Waals surface area contributed by atoms with E-state index in [9.17, 15) is 18.0 Å². The van der Waals surface area contributed by atoms with Crippen molar-refractivity contribution in [2.45, 2.75) is 40.5 Å². The number of nitrogens with one attached hydrogen (secondary N) is 1. The van der Waals surface area contributed by atoms with E-state index in [0.717, 1.165) is 11.1 Å². The van der Waals surface area contributed by atoms with Crippen LogP contribution in [0, 0.1) is 12.3 Å². The molecule has 0 bridgehead atoms. The maximum atomic E-state index is 12.5. The first-order valence-corrected chi connectivity index (χ1v) is 9.06. The van der Waals surface area contributed by atoms with Gasteiger partial charge in [-0.1, -0.05) is 26.8 Å². The van der Waals surface area contributed by atoms with Gasteiger partial charge in [-0.15, -0.1) is 13.2 Å². The molecule has 8 heteroatoms. The SMILES string of the molecule is Cc1ccc2nc(NC(=O)CC(C)(C)C)n(-c3ccc(OC(F)(F)F)cc3)c2c1. The van der Waals surface area contributed by atoms with E-state index in [1.807, 2.05) is 45.9 Å². The molecule has 1 aromatic heterocycles. The van der Waals surface area contributed by atoms with Gasteiger partial charge >= 0.3 is 6.36 Å². The Labute approximate surface area is 166 Å². The number of rotatable bonds is 4. The predicted molar refractivity (Wildman–Crippen MR) is 105 cm³/mol. The molecule has 0 atom stereocenters. The van der Waals surface area contributed by atoms with Gasteiger partial charge in [0.05, 0.1) is 11.0 Å². The van der Waals surface area contributed by atoms with Crippen LogP contribution in [-0.4, -0.2) is 21.8 Å². The van der Waals surface area contributed by atoms with Crippen molar-refractivity contribution in [2.24, 2.45) is 5.41 Å². The van der Waals surface area contributed by atoms with Gasteiger partial charge in [-0.05, 0) is 54.3 Å². The van der Waals surface area contributed by atoms with Crippen LogP contribution in [0.5, 0.6) is 5.75 Å². The summed E-state index contributed by atoms with van der Waals surface area (Å²) in [6.07, 6.45) is -4.46. The number of fused-ring (bicyclic) bond motifs is 1. The normalized spacial score (nSPS) is 12.2. The Morgan fingerprint density at radius 1 is 1.10 bits per heavy atom. The first-order chi connectivity index (χ1) is 13.4. The van der Waals surface area contributed by atoms with E-state index >= 15 is 0 Å². The smallest absolute Gasteiger partial charge is 0.406 e. The molecule has 1 N–H and O–H groups in total. The van der Waals surface area contributed by atoms with Crippen molar-refractivity contribution < 1.29 is 22.7 Å². The highest BCUT2D eigenvalue weighted by Crippen LogP contribution is 2.29. The summed E-state index contributed by atoms with van der Waals surface area (Å²) in [6.45, 7) is 7.80. The van der Waals surface area contributed by atoms with Gasteiger partial charge in [0.2, 0.25) is 11.9 Å². The lowest BCUT2D eigenvalue weighted by molar-refractivity contribution is -0.274. The highest BCUT2D eigenvalue weighted by atomic mass is 19.4. The second-order valence-corrected chi connectivity index (χ2v) is 8.09. The van der Waals surface area contributed by atoms with Crippen molar-refractivity contribution in [1.82, 2.24) is 9.55 Å². The molecule has 3 aromatic rings. The summed E-state index contributed by atoms with van der Waals surface area (Å²) >= 11 is 0. The molecule has 29 heavy (non-hydrogen) atoms. The first kappa shape index (κ1) is 20.7. The lowest BCUT2D eigenvalue weighted by atomic mass is 9.92. The number of carbonyl (C=O) groups excluding carboxylic acids is 1. The largest absolute Gasteiger partial charge is 0.573 e. The van der Waals surface area contributed by atoms with E-state index in [1.54, 1.807) is 4.57 Å². The van der Waals surface area contributed by atoms with Crippen LogP contribution < -0.4 is 10.1 Å². The Morgan fingerprint density at radius 2 is 1.76 bits per heavy atom. The summed E-state index contributed by atoms with van der Waals surface area (Å²) < 4.78 is 42.9. The second-order valence-electron chi connectivity index (χ2n) is 8.09. The van der Waals surface area contributed by atoms with E-state index in [-0.39, 0.29) is 17.1 Å². The van der Waals surface area contributed by atoms with E-state index in [0.29, 0.717) is 23.6 Å². The number of benzene rings is 2. The third-order valence-corrected chi connectivity index (χ3v) is 4.08. The predicted octanol–water partition coefficient (Wildman–Crippen LogP) is 5.61. The van der Waals surface area contributed by atoms with Crippen LogP contribution in [0.1, 0.15) is 32.8 Å². The monoisotopic (exact) mass is 405 g/mol. The Bertz CT molecular complexity index is 1030. The number of anilines is 1. The van der Waals surface area contributed by atoms with Gasteiger partial charge in [0.15, 0.2) is 0 Å². The summed E-state index contributed by atoms with van der Waals surface area (Å²) in [4.78, 5) is 17.0. The summed E-state index contributed by atoms with van der Waals surface area (Å²) in [6, 6.07) is 11.1. The molecule has 0 saturated carbocycles. The van der Waals surface area contributed by atoms with Gasteiger partial charge in [-0.2, -0.15) is 0 Å². The molecule has 0 aliphatic carbocycles. The van der Waals surface area contributed by atoms with Gasteiger partial charge in [0, 0.05) is 12.1 Å². The van der Waals surface area contributed by atoms with Crippen LogP contribution in [0.15, 0.2) is 42.5 Å². The number of alkyl halides is 3. The number of hydrogen-bond acceptors (Lipinski definition) is 3. The molecule has 0 aliphatic heterocycles. The molecule has 0 spiro atoms. The van der Waals surface area contributed by atoms with Crippen molar-refractivity contribution in [1.29, 1.82) is 0 Å². The Balaban J connectivity index is 2.03. The van der Waals surface area contributed by atoms with Crippen molar-refractivity contribution in [3.63, 3.8) is 0 Å². The molecule has 154 valence electrons. The quantitative estimate of drug-likeness (QED) is 0.614. The molecule has 0 radical (unpaired) electrons. The Morgan fingerprint density at radius 3 is 2.34 bits per heavy atom. The minimum atomic E-state index is -4.76. The summed E-state index contributed by atoms with van der Waals surface area (Å²) in [5, 5.41) is 2.83. The standard InChI is InChI=1S/C21H22F3N3O2/c1-13-5-10-16-17(11-13)27(19(25-16)26-18(28)12-20(2,3)4)14-6-8-15(9-7-14)29-21(22,23)24/h5-11H,12H2,1-4H3,(H,25,26,28). The zero-order valence-electron chi connectivity index (χ0n) is 16.6. The number of aryl methyl sites for hydroxylation is 1. The van der Waals surface area contributed by atoms with Crippen molar-refractivity contribution in [3.05, 3.63) is 48.0 Å². The first-order valence-electron chi connectivity index (χ1n) is 9.06. The highest BCUT2D eigenvalue weighted by molar-refractivity contribution is 5.92. The lowest BCUT2D eigenvalue weighted by Gasteiger charge is -2.17. The van der Waals surface area contributed by atoms with Gasteiger partial charge < -0.3 is 4.74 Å². The number of nitrogens with zero attached hydrogens (tertiary/aromatic N) is 2. The molecule has 0 fully saturated rings. The molecule has 3 rings (SSSR count). The van der Waals surface area contributed by atoms with Crippen LogP contribution in [0.25, 0.3) is 16.7 Å². The fraction of sp³-hybridized carbons (Fsp3) is 0.333. The number of halogens is 3. The molecule has 2 aromatic carbocycles. The topological polar surface area (TPSA) is 56.2 Å². The number of amides is 1. The number of aromatic nitrogens is 2. The third kappa shape index (κ3) is 5.28. The molecular formula is C21H22F3N3O2. The van der Waals surface area contributed by atoms with E-state index in [2.05, 4.69) is 15.0 Å². The average molecular weight is 405 g/mol. The van der Waals surface area contributed by atoms with Crippen molar-refractivity contribution >= 4 is 22.9 Å². The molecule has 0 saturated heterocycles. The third-order valence-electron chi connectivity index (χ3n) is 4.08. The number of ether oxygens (including phenoxy) is 1. The molecule has 1 amide bonds. The lowest BCUT2D eigenvalue weighted by Crippen LogP contribution is -2.21. The van der Waals surface area contributed by atoms with Gasteiger partial charge in [0.1, 0.15) is 5.75 Å². The fourth-order valence-corrected chi connectivity index (χ4v) is 2.98. The maximum Gasteiger partial charge on any atom is 0.573 e. The second kappa shape index (κ2) is 7.42. The fourth-order valence-electron chi connectivity index (χ4n) is 2.98. The van der Waals surface area contributed by atoms with Crippen LogP contribution in [0.2, 0.25) is 0 Å². The van der Waals surface area contributed by atoms with E-state index < -0.39 is 6.36 Å². The zero-order valence-corrected chi connectivity index (χ0v) is 16.6. The van der Waals surface area contributed by atoms with Crippen molar-refractivity contribution in [3.8, 4) is 11.4 Å². The van der Waals surface area contributed by atoms with Crippen LogP contribution in [-0.2, 0) is 4.79 Å². The van der Waals surface area contributed by atoms with Gasteiger partial charge in [0.25, 0.3) is 0 Å². The highest BCUT2D eigenvalue weighted by Gasteiger charge is 2.31. The van der Waals surface area contributed by atoms with Crippen LogP contribution >= 0.6 is 0 Å². The van der Waals surface area contributed by atoms with Crippen LogP contribution in [0.3, 0.4) is 0 Å². The number of imidazole rings is 1. The Kier molecular flexibility index (Phi) is 5.30. The molecule has 5 nitrogen and oxygen atoms in total. The van der Waals surface area contributed by atoms with E-state index in [4.69, 9.17) is 0 Å². The van der Waals surface area contributed by atoms with Gasteiger partial charge in [-0.3, -0.25) is 14.7 Å². The summed E-state index contributed by atoms with van der Waals surface area (Å²) in [5.74, 6) is -0.202. The van der Waals surface area contributed by atoms with Gasteiger partial charge in [-0.25, -0.2) is 4.98 Å². The number of hydrogen-bond donors (Lipinski definition) is 1. The van der Waals surface area contributed by atoms with Crippen LogP contribution in [0.4, 0.5) is 19.1 Å². The minimum absolute atomic E-state index is 0.192. The molecule has 0 aliphatic rings. The molecular weight excluding hydrogens is 383 g/mol. The number of carbonyl (C=O) groups is 1. The molecule has 1 heterocycles. The maximum absolute atomic E-state index is 12.5. The minimum Gasteiger partial charge on any atom is -0.406 e.